The summed E-state index contributed by atoms with van der Waals surface area (Å²) in [7, 11) is 1.65. The molecule has 6 heteroatoms. The first kappa shape index (κ1) is 15.1. The maximum absolute atomic E-state index is 12.4. The van der Waals surface area contributed by atoms with E-state index in [1.54, 1.807) is 33.0 Å². The van der Waals surface area contributed by atoms with Crippen molar-refractivity contribution in [2.45, 2.75) is 19.4 Å². The molecule has 1 heterocycles. The number of hydrogen-bond acceptors (Lipinski definition) is 4. The van der Waals surface area contributed by atoms with Crippen LogP contribution in [-0.4, -0.2) is 35.1 Å². The van der Waals surface area contributed by atoms with Crippen LogP contribution in [-0.2, 0) is 0 Å². The van der Waals surface area contributed by atoms with Gasteiger partial charge < -0.3 is 15.7 Å². The third-order valence-electron chi connectivity index (χ3n) is 2.86. The van der Waals surface area contributed by atoms with Crippen molar-refractivity contribution >= 4 is 44.6 Å². The van der Waals surface area contributed by atoms with Gasteiger partial charge >= 0.3 is 0 Å². The standard InChI is InChI=1S/C14H17ClN2O2S/c1-14(2,19)7-17(3)13(18)12-11(16)9-5-4-8(15)6-10(9)20-12/h4-6,19H,7,16H2,1-3H3. The van der Waals surface area contributed by atoms with Crippen molar-refractivity contribution in [3.63, 3.8) is 0 Å². The number of benzene rings is 1. The Labute approximate surface area is 126 Å². The number of nitrogens with two attached hydrogens (primary N) is 1. The van der Waals surface area contributed by atoms with Crippen LogP contribution in [0.25, 0.3) is 10.1 Å². The smallest absolute Gasteiger partial charge is 0.265 e. The summed E-state index contributed by atoms with van der Waals surface area (Å²) in [6.45, 7) is 3.55. The number of amides is 1. The van der Waals surface area contributed by atoms with Gasteiger partial charge in [-0.1, -0.05) is 11.6 Å². The fourth-order valence-corrected chi connectivity index (χ4v) is 3.47. The Kier molecular flexibility index (Phi) is 3.95. The Morgan fingerprint density at radius 1 is 1.50 bits per heavy atom. The molecule has 20 heavy (non-hydrogen) atoms. The average molecular weight is 313 g/mol. The van der Waals surface area contributed by atoms with Gasteiger partial charge in [-0.3, -0.25) is 4.79 Å². The predicted molar refractivity (Wildman–Crippen MR) is 84.5 cm³/mol. The Balaban J connectivity index is 2.37. The van der Waals surface area contributed by atoms with E-state index in [4.69, 9.17) is 17.3 Å². The Bertz CT molecular complexity index is 661. The molecular weight excluding hydrogens is 296 g/mol. The third-order valence-corrected chi connectivity index (χ3v) is 4.25. The van der Waals surface area contributed by atoms with Gasteiger partial charge in [0.15, 0.2) is 0 Å². The van der Waals surface area contributed by atoms with Crippen LogP contribution < -0.4 is 5.73 Å². The molecule has 4 nitrogen and oxygen atoms in total. The van der Waals surface area contributed by atoms with Gasteiger partial charge in [-0.2, -0.15) is 0 Å². The molecule has 0 aliphatic heterocycles. The number of carbonyl (C=O) groups is 1. The second kappa shape index (κ2) is 5.24. The third kappa shape index (κ3) is 3.06. The number of thiophene rings is 1. The van der Waals surface area contributed by atoms with Crippen molar-refractivity contribution in [1.82, 2.24) is 4.90 Å². The SMILES string of the molecule is CN(CC(C)(C)O)C(=O)c1sc2cc(Cl)ccc2c1N. The van der Waals surface area contributed by atoms with Crippen LogP contribution in [0.15, 0.2) is 18.2 Å². The predicted octanol–water partition coefficient (Wildman–Crippen LogP) is 2.98. The van der Waals surface area contributed by atoms with E-state index in [1.807, 2.05) is 6.07 Å². The van der Waals surface area contributed by atoms with E-state index >= 15 is 0 Å². The quantitative estimate of drug-likeness (QED) is 0.915. The van der Waals surface area contributed by atoms with Crippen molar-refractivity contribution in [2.75, 3.05) is 19.3 Å². The minimum absolute atomic E-state index is 0.193. The summed E-state index contributed by atoms with van der Waals surface area (Å²) in [5, 5.41) is 11.2. The first-order chi connectivity index (χ1) is 9.19. The lowest BCUT2D eigenvalue weighted by Crippen LogP contribution is -2.39. The van der Waals surface area contributed by atoms with Crippen molar-refractivity contribution in [3.8, 4) is 0 Å². The molecule has 0 unspecified atom stereocenters. The molecule has 0 atom stereocenters. The van der Waals surface area contributed by atoms with Crippen molar-refractivity contribution < 1.29 is 9.90 Å². The molecule has 0 aliphatic rings. The minimum Gasteiger partial charge on any atom is -0.397 e. The number of nitrogen functional groups attached to an aromatic ring is 1. The van der Waals surface area contributed by atoms with E-state index < -0.39 is 5.60 Å². The molecule has 2 rings (SSSR count). The lowest BCUT2D eigenvalue weighted by molar-refractivity contribution is 0.0371. The molecule has 0 saturated carbocycles. The molecule has 0 spiro atoms. The highest BCUT2D eigenvalue weighted by atomic mass is 35.5. The highest BCUT2D eigenvalue weighted by Crippen LogP contribution is 2.35. The molecule has 0 fully saturated rings. The molecule has 1 amide bonds. The zero-order valence-electron chi connectivity index (χ0n) is 11.6. The first-order valence-electron chi connectivity index (χ1n) is 6.14. The van der Waals surface area contributed by atoms with Gasteiger partial charge in [0, 0.05) is 28.7 Å². The van der Waals surface area contributed by atoms with Gasteiger partial charge in [0.1, 0.15) is 4.88 Å². The highest BCUT2D eigenvalue weighted by Gasteiger charge is 2.24. The maximum atomic E-state index is 12.4. The first-order valence-corrected chi connectivity index (χ1v) is 7.34. The molecule has 0 saturated heterocycles. The topological polar surface area (TPSA) is 66.6 Å². The molecule has 0 radical (unpaired) electrons. The average Bonchev–Trinajstić information content (AvgIpc) is 2.63. The number of aliphatic hydroxyl groups is 1. The highest BCUT2D eigenvalue weighted by molar-refractivity contribution is 7.21. The molecule has 1 aromatic heterocycles. The van der Waals surface area contributed by atoms with E-state index in [0.29, 0.717) is 15.6 Å². The number of anilines is 1. The van der Waals surface area contributed by atoms with E-state index in [0.717, 1.165) is 10.1 Å². The summed E-state index contributed by atoms with van der Waals surface area (Å²) >= 11 is 7.27. The Morgan fingerprint density at radius 3 is 2.75 bits per heavy atom. The van der Waals surface area contributed by atoms with Crippen LogP contribution in [0.5, 0.6) is 0 Å². The fraction of sp³-hybridized carbons (Fsp3) is 0.357. The van der Waals surface area contributed by atoms with E-state index in [-0.39, 0.29) is 12.5 Å². The number of fused-ring (bicyclic) bond motifs is 1. The van der Waals surface area contributed by atoms with Crippen molar-refractivity contribution in [3.05, 3.63) is 28.1 Å². The van der Waals surface area contributed by atoms with Gasteiger partial charge in [0.25, 0.3) is 5.91 Å². The monoisotopic (exact) mass is 312 g/mol. The molecule has 0 aliphatic carbocycles. The van der Waals surface area contributed by atoms with E-state index in [2.05, 4.69) is 0 Å². The number of rotatable bonds is 3. The van der Waals surface area contributed by atoms with Crippen LogP contribution in [0.2, 0.25) is 5.02 Å². The van der Waals surface area contributed by atoms with Crippen LogP contribution in [0.4, 0.5) is 5.69 Å². The summed E-state index contributed by atoms with van der Waals surface area (Å²) < 4.78 is 0.884. The van der Waals surface area contributed by atoms with Gasteiger partial charge in [0.05, 0.1) is 11.3 Å². The number of carbonyl (C=O) groups excluding carboxylic acids is 1. The number of halogens is 1. The summed E-state index contributed by atoms with van der Waals surface area (Å²) in [6.07, 6.45) is 0. The summed E-state index contributed by atoms with van der Waals surface area (Å²) in [6, 6.07) is 5.36. The molecule has 1 aromatic carbocycles. The van der Waals surface area contributed by atoms with Crippen LogP contribution in [0.3, 0.4) is 0 Å². The Morgan fingerprint density at radius 2 is 2.15 bits per heavy atom. The van der Waals surface area contributed by atoms with Gasteiger partial charge in [-0.15, -0.1) is 11.3 Å². The van der Waals surface area contributed by atoms with Crippen LogP contribution in [0.1, 0.15) is 23.5 Å². The van der Waals surface area contributed by atoms with Crippen molar-refractivity contribution in [2.24, 2.45) is 0 Å². The lowest BCUT2D eigenvalue weighted by atomic mass is 10.1. The second-order valence-corrected chi connectivity index (χ2v) is 6.95. The summed E-state index contributed by atoms with van der Waals surface area (Å²) in [5.74, 6) is -0.193. The van der Waals surface area contributed by atoms with Crippen LogP contribution >= 0.6 is 22.9 Å². The maximum Gasteiger partial charge on any atom is 0.265 e. The van der Waals surface area contributed by atoms with E-state index in [1.165, 1.54) is 16.2 Å². The summed E-state index contributed by atoms with van der Waals surface area (Å²) in [4.78, 5) is 14.4. The van der Waals surface area contributed by atoms with Crippen molar-refractivity contribution in [1.29, 1.82) is 0 Å². The normalized spacial score (nSPS) is 11.8. The Hall–Kier alpha value is -1.30. The van der Waals surface area contributed by atoms with Gasteiger partial charge in [-0.05, 0) is 32.0 Å². The lowest BCUT2D eigenvalue weighted by Gasteiger charge is -2.25. The molecule has 0 bridgehead atoms. The number of likely N-dealkylation sites (N-methyl/N-ethyl adjacent to an activating group) is 1. The molecular formula is C14H17ClN2O2S. The zero-order valence-corrected chi connectivity index (χ0v) is 13.2. The summed E-state index contributed by atoms with van der Waals surface area (Å²) in [5.41, 5.74) is 5.57. The number of nitrogens with zero attached hydrogens (tertiary/aromatic N) is 1. The molecule has 108 valence electrons. The molecule has 3 N–H and O–H groups in total. The fourth-order valence-electron chi connectivity index (χ4n) is 2.07. The zero-order chi connectivity index (χ0) is 15.1. The largest absolute Gasteiger partial charge is 0.397 e. The molecule has 2 aromatic rings. The second-order valence-electron chi connectivity index (χ2n) is 5.46. The van der Waals surface area contributed by atoms with Crippen LogP contribution in [0, 0.1) is 0 Å². The van der Waals surface area contributed by atoms with Gasteiger partial charge in [0.2, 0.25) is 0 Å². The number of hydrogen-bond donors (Lipinski definition) is 2. The van der Waals surface area contributed by atoms with Gasteiger partial charge in [-0.25, -0.2) is 0 Å². The minimum atomic E-state index is -0.945. The van der Waals surface area contributed by atoms with E-state index in [9.17, 15) is 9.90 Å².